The maximum absolute atomic E-state index is 13.4. The van der Waals surface area contributed by atoms with Gasteiger partial charge < -0.3 is 20.8 Å². The highest BCUT2D eigenvalue weighted by Gasteiger charge is 2.27. The molecule has 194 valence electrons. The molecule has 1 amide bonds. The predicted molar refractivity (Wildman–Crippen MR) is 136 cm³/mol. The smallest absolute Gasteiger partial charge is 0.287 e. The zero-order valence-corrected chi connectivity index (χ0v) is 22.0. The Morgan fingerprint density at radius 2 is 1.72 bits per heavy atom. The molecule has 0 fully saturated rings. The number of carbonyl (C=O) groups excluding carboxylic acids is 1. The van der Waals surface area contributed by atoms with Gasteiger partial charge in [-0.1, -0.05) is 19.9 Å². The summed E-state index contributed by atoms with van der Waals surface area (Å²) in [6.45, 7) is 6.24. The quantitative estimate of drug-likeness (QED) is 0.390. The van der Waals surface area contributed by atoms with Crippen LogP contribution in [0.5, 0.6) is 11.5 Å². The first-order valence-corrected chi connectivity index (χ1v) is 12.7. The van der Waals surface area contributed by atoms with Crippen molar-refractivity contribution >= 4 is 15.9 Å². The number of carbonyl (C=O) groups is 1. The number of likely N-dealkylation sites (N-methyl/N-ethyl adjacent to an activating group) is 2. The summed E-state index contributed by atoms with van der Waals surface area (Å²) >= 11 is 0. The molecule has 1 heterocycles. The monoisotopic (exact) mass is 516 g/mol. The first-order chi connectivity index (χ1) is 16.7. The standard InChI is InChI=1S/C24H32N6O5S/c1-14(2)17-12-18(20(32)13-19(17)31)23-26-27-24(22(25)33)30(23)16-8-7-15(3)21(11-16)36(34,35)29(6)10-9-28(4)5/h7-8,11-14,31-32H,9-10H2,1-6H3,(H2,25,33). The van der Waals surface area contributed by atoms with Crippen molar-refractivity contribution in [3.63, 3.8) is 0 Å². The second-order valence-electron chi connectivity index (χ2n) is 9.21. The van der Waals surface area contributed by atoms with Crippen LogP contribution in [0.15, 0.2) is 35.2 Å². The van der Waals surface area contributed by atoms with Crippen LogP contribution in [0.3, 0.4) is 0 Å². The third-order valence-electron chi connectivity index (χ3n) is 5.87. The van der Waals surface area contributed by atoms with Gasteiger partial charge >= 0.3 is 0 Å². The number of phenols is 2. The van der Waals surface area contributed by atoms with Gasteiger partial charge in [0.2, 0.25) is 15.8 Å². The van der Waals surface area contributed by atoms with E-state index in [4.69, 9.17) is 5.73 Å². The average molecular weight is 517 g/mol. The van der Waals surface area contributed by atoms with E-state index in [0.29, 0.717) is 17.7 Å². The van der Waals surface area contributed by atoms with Gasteiger partial charge in [-0.15, -0.1) is 10.2 Å². The Labute approximate surface area is 210 Å². The van der Waals surface area contributed by atoms with Crippen LogP contribution in [0.2, 0.25) is 0 Å². The van der Waals surface area contributed by atoms with E-state index >= 15 is 0 Å². The minimum absolute atomic E-state index is 0.0501. The molecule has 0 unspecified atom stereocenters. The second kappa shape index (κ2) is 10.2. The molecule has 2 aromatic carbocycles. The number of hydrogen-bond acceptors (Lipinski definition) is 8. The molecule has 4 N–H and O–H groups in total. The highest BCUT2D eigenvalue weighted by Crippen LogP contribution is 2.38. The molecule has 3 rings (SSSR count). The van der Waals surface area contributed by atoms with Crippen molar-refractivity contribution in [1.82, 2.24) is 24.0 Å². The number of aromatic hydroxyl groups is 2. The summed E-state index contributed by atoms with van der Waals surface area (Å²) in [4.78, 5) is 14.2. The van der Waals surface area contributed by atoms with E-state index in [-0.39, 0.29) is 51.8 Å². The Hall–Kier alpha value is -3.48. The fourth-order valence-electron chi connectivity index (χ4n) is 3.73. The number of aromatic nitrogens is 3. The SMILES string of the molecule is Cc1ccc(-n2c(C(N)=O)nnc2-c2cc(C(C)C)c(O)cc2O)cc1S(=O)(=O)N(C)CCN(C)C. The number of primary amides is 1. The van der Waals surface area contributed by atoms with Crippen molar-refractivity contribution in [2.75, 3.05) is 34.2 Å². The summed E-state index contributed by atoms with van der Waals surface area (Å²) in [6, 6.07) is 7.41. The molecule has 11 nitrogen and oxygen atoms in total. The number of amides is 1. The molecule has 0 saturated carbocycles. The number of benzene rings is 2. The lowest BCUT2D eigenvalue weighted by Gasteiger charge is -2.21. The molecular formula is C24H32N6O5S. The Kier molecular flexibility index (Phi) is 7.72. The lowest BCUT2D eigenvalue weighted by atomic mass is 9.98. The Morgan fingerprint density at radius 1 is 1.06 bits per heavy atom. The lowest BCUT2D eigenvalue weighted by Crippen LogP contribution is -2.34. The molecular weight excluding hydrogens is 484 g/mol. The van der Waals surface area contributed by atoms with E-state index in [1.54, 1.807) is 25.1 Å². The highest BCUT2D eigenvalue weighted by atomic mass is 32.2. The van der Waals surface area contributed by atoms with Crippen molar-refractivity contribution in [1.29, 1.82) is 0 Å². The molecule has 36 heavy (non-hydrogen) atoms. The fourth-order valence-corrected chi connectivity index (χ4v) is 5.14. The maximum atomic E-state index is 13.4. The molecule has 0 aliphatic heterocycles. The van der Waals surface area contributed by atoms with Gasteiger partial charge in [-0.25, -0.2) is 8.42 Å². The Morgan fingerprint density at radius 3 is 2.31 bits per heavy atom. The van der Waals surface area contributed by atoms with Gasteiger partial charge in [0.1, 0.15) is 11.5 Å². The van der Waals surface area contributed by atoms with Gasteiger partial charge in [-0.2, -0.15) is 4.31 Å². The van der Waals surface area contributed by atoms with Crippen LogP contribution in [-0.2, 0) is 10.0 Å². The van der Waals surface area contributed by atoms with Gasteiger partial charge in [-0.3, -0.25) is 9.36 Å². The number of aryl methyl sites for hydroxylation is 1. The molecule has 0 aliphatic rings. The summed E-state index contributed by atoms with van der Waals surface area (Å²) in [6.07, 6.45) is 0. The van der Waals surface area contributed by atoms with Crippen molar-refractivity contribution in [3.8, 4) is 28.6 Å². The van der Waals surface area contributed by atoms with E-state index in [1.165, 1.54) is 28.1 Å². The van der Waals surface area contributed by atoms with E-state index in [2.05, 4.69) is 10.2 Å². The summed E-state index contributed by atoms with van der Waals surface area (Å²) < 4.78 is 29.3. The van der Waals surface area contributed by atoms with Crippen molar-refractivity contribution in [2.24, 2.45) is 5.73 Å². The lowest BCUT2D eigenvalue weighted by molar-refractivity contribution is 0.0988. The number of phenolic OH excluding ortho intramolecular Hbond substituents is 2. The van der Waals surface area contributed by atoms with Crippen LogP contribution >= 0.6 is 0 Å². The number of nitrogens with two attached hydrogens (primary N) is 1. The largest absolute Gasteiger partial charge is 0.508 e. The van der Waals surface area contributed by atoms with Gasteiger partial charge in [0.15, 0.2) is 5.82 Å². The Balaban J connectivity index is 2.23. The molecule has 0 bridgehead atoms. The highest BCUT2D eigenvalue weighted by molar-refractivity contribution is 7.89. The topological polar surface area (TPSA) is 155 Å². The van der Waals surface area contributed by atoms with Gasteiger partial charge in [0.05, 0.1) is 16.1 Å². The molecule has 3 aromatic rings. The zero-order chi connectivity index (χ0) is 26.9. The summed E-state index contributed by atoms with van der Waals surface area (Å²) in [5.41, 5.74) is 7.09. The van der Waals surface area contributed by atoms with Crippen LogP contribution in [0.1, 0.15) is 41.5 Å². The number of hydrogen-bond donors (Lipinski definition) is 3. The minimum atomic E-state index is -3.87. The molecule has 0 radical (unpaired) electrons. The van der Waals surface area contributed by atoms with Crippen LogP contribution in [0.4, 0.5) is 0 Å². The van der Waals surface area contributed by atoms with Gasteiger partial charge in [0.25, 0.3) is 5.91 Å². The Bertz CT molecular complexity index is 1400. The molecule has 0 spiro atoms. The van der Waals surface area contributed by atoms with Gasteiger partial charge in [0, 0.05) is 26.2 Å². The molecule has 12 heteroatoms. The summed E-state index contributed by atoms with van der Waals surface area (Å²) in [7, 11) is 1.35. The zero-order valence-electron chi connectivity index (χ0n) is 21.2. The molecule has 1 aromatic heterocycles. The van der Waals surface area contributed by atoms with Crippen molar-refractivity contribution in [3.05, 3.63) is 47.3 Å². The number of sulfonamides is 1. The predicted octanol–water partition coefficient (Wildman–Crippen LogP) is 2.06. The first-order valence-electron chi connectivity index (χ1n) is 11.3. The van der Waals surface area contributed by atoms with E-state index in [9.17, 15) is 23.4 Å². The molecule has 0 aliphatic carbocycles. The third-order valence-corrected chi connectivity index (χ3v) is 7.87. The fraction of sp³-hybridized carbons (Fsp3) is 0.375. The second-order valence-corrected chi connectivity index (χ2v) is 11.2. The molecule has 0 atom stereocenters. The molecule has 0 saturated heterocycles. The van der Waals surface area contributed by atoms with Gasteiger partial charge in [-0.05, 0) is 56.3 Å². The average Bonchev–Trinajstić information content (AvgIpc) is 3.22. The minimum Gasteiger partial charge on any atom is -0.508 e. The van der Waals surface area contributed by atoms with Crippen LogP contribution < -0.4 is 5.73 Å². The van der Waals surface area contributed by atoms with E-state index in [0.717, 1.165) is 0 Å². The summed E-state index contributed by atoms with van der Waals surface area (Å²) in [5, 5.41) is 28.8. The first kappa shape index (κ1) is 27.1. The van der Waals surface area contributed by atoms with Crippen LogP contribution in [0.25, 0.3) is 17.1 Å². The van der Waals surface area contributed by atoms with Crippen molar-refractivity contribution in [2.45, 2.75) is 31.6 Å². The van der Waals surface area contributed by atoms with E-state index in [1.807, 2.05) is 32.8 Å². The maximum Gasteiger partial charge on any atom is 0.287 e. The summed E-state index contributed by atoms with van der Waals surface area (Å²) in [5.74, 6) is -1.51. The number of rotatable bonds is 9. The van der Waals surface area contributed by atoms with Crippen molar-refractivity contribution < 1.29 is 23.4 Å². The normalized spacial score (nSPS) is 12.1. The van der Waals surface area contributed by atoms with E-state index < -0.39 is 15.9 Å². The number of nitrogens with zero attached hydrogens (tertiary/aromatic N) is 5. The third kappa shape index (κ3) is 5.20. The van der Waals surface area contributed by atoms with Crippen LogP contribution in [0, 0.1) is 6.92 Å². The van der Waals surface area contributed by atoms with Crippen LogP contribution in [-0.4, -0.2) is 82.7 Å².